The average molecular weight is 342 g/mol. The molecule has 0 aliphatic rings. The Balaban J connectivity index is 1.84. The number of aliphatic imine (C=N–C) groups is 1. The number of pyridine rings is 1. The highest BCUT2D eigenvalue weighted by atomic mass is 16.5. The van der Waals surface area contributed by atoms with Crippen molar-refractivity contribution in [3.8, 4) is 11.6 Å². The van der Waals surface area contributed by atoms with Gasteiger partial charge in [0.1, 0.15) is 5.75 Å². The summed E-state index contributed by atoms with van der Waals surface area (Å²) in [5.74, 6) is 2.28. The number of nitrogens with zero attached hydrogens (tertiary/aromatic N) is 2. The van der Waals surface area contributed by atoms with E-state index in [0.717, 1.165) is 35.8 Å². The number of nitrogens with one attached hydrogen (secondary N) is 2. The first-order chi connectivity index (χ1) is 12.2. The minimum Gasteiger partial charge on any atom is -0.496 e. The third kappa shape index (κ3) is 5.38. The van der Waals surface area contributed by atoms with Gasteiger partial charge >= 0.3 is 0 Å². The predicted octanol–water partition coefficient (Wildman–Crippen LogP) is 2.31. The monoisotopic (exact) mass is 342 g/mol. The van der Waals surface area contributed by atoms with Crippen LogP contribution in [0.4, 0.5) is 0 Å². The third-order valence-electron chi connectivity index (χ3n) is 3.89. The lowest BCUT2D eigenvalue weighted by molar-refractivity contribution is 0.392. The highest BCUT2D eigenvalue weighted by Crippen LogP contribution is 2.19. The molecule has 6 nitrogen and oxygen atoms in total. The maximum Gasteiger partial charge on any atom is 0.218 e. The summed E-state index contributed by atoms with van der Waals surface area (Å²) >= 11 is 0. The molecular weight excluding hydrogens is 316 g/mol. The first-order valence-electron chi connectivity index (χ1n) is 8.23. The fourth-order valence-corrected chi connectivity index (χ4v) is 2.49. The number of ether oxygens (including phenoxy) is 2. The van der Waals surface area contributed by atoms with Crippen molar-refractivity contribution in [1.82, 2.24) is 15.6 Å². The molecule has 0 bridgehead atoms. The summed E-state index contributed by atoms with van der Waals surface area (Å²) in [5, 5.41) is 6.59. The van der Waals surface area contributed by atoms with E-state index in [1.807, 2.05) is 19.1 Å². The van der Waals surface area contributed by atoms with Gasteiger partial charge in [-0.2, -0.15) is 0 Å². The van der Waals surface area contributed by atoms with Crippen molar-refractivity contribution in [1.29, 1.82) is 0 Å². The molecule has 1 heterocycles. The molecule has 0 fully saturated rings. The minimum absolute atomic E-state index is 0.592. The summed E-state index contributed by atoms with van der Waals surface area (Å²) in [4.78, 5) is 8.44. The highest BCUT2D eigenvalue weighted by molar-refractivity contribution is 5.79. The maximum atomic E-state index is 5.37. The predicted molar refractivity (Wildman–Crippen MR) is 100 cm³/mol. The third-order valence-corrected chi connectivity index (χ3v) is 3.89. The molecule has 1 aromatic carbocycles. The van der Waals surface area contributed by atoms with Gasteiger partial charge in [-0.05, 0) is 36.6 Å². The quantitative estimate of drug-likeness (QED) is 0.597. The zero-order valence-electron chi connectivity index (χ0n) is 15.3. The second-order valence-corrected chi connectivity index (χ2v) is 5.58. The molecule has 1 aromatic heterocycles. The van der Waals surface area contributed by atoms with Crippen LogP contribution in [0.15, 0.2) is 41.5 Å². The second-order valence-electron chi connectivity index (χ2n) is 5.58. The van der Waals surface area contributed by atoms with Crippen molar-refractivity contribution in [2.24, 2.45) is 4.99 Å². The Morgan fingerprint density at radius 2 is 2.00 bits per heavy atom. The van der Waals surface area contributed by atoms with Crippen LogP contribution in [0.25, 0.3) is 0 Å². The number of hydrogen-bond acceptors (Lipinski definition) is 4. The maximum absolute atomic E-state index is 5.37. The van der Waals surface area contributed by atoms with Gasteiger partial charge in [0.25, 0.3) is 0 Å². The average Bonchev–Trinajstić information content (AvgIpc) is 2.65. The van der Waals surface area contributed by atoms with Crippen molar-refractivity contribution in [3.05, 3.63) is 53.2 Å². The van der Waals surface area contributed by atoms with Crippen LogP contribution in [-0.2, 0) is 13.0 Å². The van der Waals surface area contributed by atoms with E-state index in [4.69, 9.17) is 9.47 Å². The Bertz CT molecular complexity index is 716. The number of benzene rings is 1. The lowest BCUT2D eigenvalue weighted by Gasteiger charge is -2.13. The van der Waals surface area contributed by atoms with Crippen LogP contribution in [0.1, 0.15) is 16.7 Å². The summed E-state index contributed by atoms with van der Waals surface area (Å²) in [6.45, 7) is 3.41. The van der Waals surface area contributed by atoms with Crippen LogP contribution >= 0.6 is 0 Å². The van der Waals surface area contributed by atoms with E-state index in [0.29, 0.717) is 12.4 Å². The summed E-state index contributed by atoms with van der Waals surface area (Å²) < 4.78 is 10.6. The van der Waals surface area contributed by atoms with Gasteiger partial charge in [0, 0.05) is 31.9 Å². The molecule has 0 unspecified atom stereocenters. The Hall–Kier alpha value is -2.76. The van der Waals surface area contributed by atoms with E-state index in [1.165, 1.54) is 5.56 Å². The fraction of sp³-hybridized carbons (Fsp3) is 0.368. The highest BCUT2D eigenvalue weighted by Gasteiger charge is 2.05. The molecule has 6 heteroatoms. The normalized spacial score (nSPS) is 11.1. The number of rotatable bonds is 7. The molecular formula is C19H26N4O2. The zero-order valence-corrected chi connectivity index (χ0v) is 15.3. The number of hydrogen-bond donors (Lipinski definition) is 2. The summed E-state index contributed by atoms with van der Waals surface area (Å²) in [5.41, 5.74) is 3.35. The first-order valence-corrected chi connectivity index (χ1v) is 8.23. The van der Waals surface area contributed by atoms with E-state index in [1.54, 1.807) is 27.5 Å². The van der Waals surface area contributed by atoms with Crippen LogP contribution in [0, 0.1) is 6.92 Å². The summed E-state index contributed by atoms with van der Waals surface area (Å²) in [6, 6.07) is 10.1. The lowest BCUT2D eigenvalue weighted by Crippen LogP contribution is -2.37. The molecule has 0 aliphatic carbocycles. The SMILES string of the molecule is CN=C(NCCc1ccc(C)c(OC)c1)NCc1cccnc1OC. The molecule has 2 N–H and O–H groups in total. The Morgan fingerprint density at radius 1 is 1.16 bits per heavy atom. The number of methoxy groups -OCH3 is 2. The van der Waals surface area contributed by atoms with Crippen molar-refractivity contribution in [3.63, 3.8) is 0 Å². The first kappa shape index (κ1) is 18.6. The van der Waals surface area contributed by atoms with Crippen LogP contribution in [-0.4, -0.2) is 38.8 Å². The van der Waals surface area contributed by atoms with Crippen molar-refractivity contribution < 1.29 is 9.47 Å². The number of guanidine groups is 1. The van der Waals surface area contributed by atoms with Gasteiger partial charge in [0.15, 0.2) is 5.96 Å². The molecule has 25 heavy (non-hydrogen) atoms. The number of aromatic nitrogens is 1. The lowest BCUT2D eigenvalue weighted by atomic mass is 10.1. The van der Waals surface area contributed by atoms with Crippen LogP contribution in [0.3, 0.4) is 0 Å². The molecule has 0 atom stereocenters. The van der Waals surface area contributed by atoms with Crippen LogP contribution in [0.2, 0.25) is 0 Å². The molecule has 2 aromatic rings. The van der Waals surface area contributed by atoms with Crippen molar-refractivity contribution in [2.45, 2.75) is 19.9 Å². The van der Waals surface area contributed by atoms with Gasteiger partial charge in [0.2, 0.25) is 5.88 Å². The second kappa shape index (κ2) is 9.52. The van der Waals surface area contributed by atoms with E-state index < -0.39 is 0 Å². The molecule has 0 saturated heterocycles. The Labute approximate surface area is 149 Å². The molecule has 0 amide bonds. The van der Waals surface area contributed by atoms with Gasteiger partial charge in [-0.1, -0.05) is 18.2 Å². The smallest absolute Gasteiger partial charge is 0.218 e. The number of aryl methyl sites for hydroxylation is 1. The summed E-state index contributed by atoms with van der Waals surface area (Å²) in [7, 11) is 5.07. The summed E-state index contributed by atoms with van der Waals surface area (Å²) in [6.07, 6.45) is 2.60. The van der Waals surface area contributed by atoms with Gasteiger partial charge in [-0.3, -0.25) is 4.99 Å². The molecule has 0 saturated carbocycles. The Morgan fingerprint density at radius 3 is 2.72 bits per heavy atom. The van der Waals surface area contributed by atoms with Gasteiger partial charge in [0.05, 0.1) is 14.2 Å². The molecule has 0 radical (unpaired) electrons. The van der Waals surface area contributed by atoms with Gasteiger partial charge < -0.3 is 20.1 Å². The van der Waals surface area contributed by atoms with Crippen molar-refractivity contribution in [2.75, 3.05) is 27.8 Å². The molecule has 0 spiro atoms. The van der Waals surface area contributed by atoms with E-state index in [9.17, 15) is 0 Å². The molecule has 134 valence electrons. The van der Waals surface area contributed by atoms with E-state index in [2.05, 4.69) is 38.8 Å². The topological polar surface area (TPSA) is 67.8 Å². The largest absolute Gasteiger partial charge is 0.496 e. The van der Waals surface area contributed by atoms with Gasteiger partial charge in [-0.25, -0.2) is 4.98 Å². The van der Waals surface area contributed by atoms with Crippen LogP contribution < -0.4 is 20.1 Å². The van der Waals surface area contributed by atoms with Crippen LogP contribution in [0.5, 0.6) is 11.6 Å². The fourth-order valence-electron chi connectivity index (χ4n) is 2.49. The standard InChI is InChI=1S/C19H26N4O2/c1-14-7-8-15(12-17(14)24-3)9-11-22-19(20-2)23-13-16-6-5-10-21-18(16)25-4/h5-8,10,12H,9,11,13H2,1-4H3,(H2,20,22,23). The molecule has 0 aliphatic heterocycles. The minimum atomic E-state index is 0.592. The Kier molecular flexibility index (Phi) is 7.07. The molecule has 2 rings (SSSR count). The van der Waals surface area contributed by atoms with Crippen molar-refractivity contribution >= 4 is 5.96 Å². The van der Waals surface area contributed by atoms with E-state index >= 15 is 0 Å². The van der Waals surface area contributed by atoms with E-state index in [-0.39, 0.29) is 0 Å². The van der Waals surface area contributed by atoms with Gasteiger partial charge in [-0.15, -0.1) is 0 Å². The zero-order chi connectivity index (χ0) is 18.1.